The molecule has 0 saturated carbocycles. The minimum atomic E-state index is -3.50. The highest BCUT2D eigenvalue weighted by Crippen LogP contribution is 2.33. The van der Waals surface area contributed by atoms with E-state index in [-0.39, 0.29) is 0 Å². The van der Waals surface area contributed by atoms with Crippen LogP contribution in [0.25, 0.3) is 10.8 Å². The van der Waals surface area contributed by atoms with E-state index in [0.717, 1.165) is 23.6 Å². The molecule has 0 bridgehead atoms. The quantitative estimate of drug-likeness (QED) is 0.838. The molecule has 4 rings (SSSR count). The average Bonchev–Trinajstić information content (AvgIpc) is 2.94. The summed E-state index contributed by atoms with van der Waals surface area (Å²) < 4.78 is 39.1. The first-order chi connectivity index (χ1) is 11.6. The molecule has 0 amide bonds. The van der Waals surface area contributed by atoms with E-state index in [1.807, 2.05) is 30.3 Å². The largest absolute Gasteiger partial charge is 0.347 e. The Hall–Kier alpha value is -1.47. The lowest BCUT2D eigenvalue weighted by molar-refractivity contribution is -0.163. The second kappa shape index (κ2) is 6.11. The lowest BCUT2D eigenvalue weighted by atomic mass is 10.1. The molecule has 128 valence electrons. The monoisotopic (exact) mass is 347 g/mol. The molecule has 0 radical (unpaired) electrons. The highest BCUT2D eigenvalue weighted by molar-refractivity contribution is 7.89. The third-order valence-corrected chi connectivity index (χ3v) is 6.77. The van der Waals surface area contributed by atoms with Gasteiger partial charge in [0.2, 0.25) is 10.0 Å². The number of benzene rings is 2. The molecule has 2 saturated heterocycles. The first-order valence-corrected chi connectivity index (χ1v) is 9.80. The van der Waals surface area contributed by atoms with Crippen LogP contribution in [0, 0.1) is 0 Å². The zero-order valence-corrected chi connectivity index (χ0v) is 14.3. The number of fused-ring (bicyclic) bond motifs is 1. The van der Waals surface area contributed by atoms with Crippen LogP contribution in [0.15, 0.2) is 47.4 Å². The first-order valence-electron chi connectivity index (χ1n) is 8.36. The molecule has 2 heterocycles. The summed E-state index contributed by atoms with van der Waals surface area (Å²) in [6.07, 6.45) is 2.07. The second-order valence-electron chi connectivity index (χ2n) is 6.37. The van der Waals surface area contributed by atoms with E-state index in [9.17, 15) is 8.42 Å². The third kappa shape index (κ3) is 2.84. The van der Waals surface area contributed by atoms with Gasteiger partial charge in [0.15, 0.2) is 5.79 Å². The van der Waals surface area contributed by atoms with Crippen molar-refractivity contribution >= 4 is 20.8 Å². The minimum absolute atomic E-state index is 0.352. The van der Waals surface area contributed by atoms with Gasteiger partial charge in [-0.05, 0) is 29.3 Å². The van der Waals surface area contributed by atoms with Crippen LogP contribution in [0.2, 0.25) is 0 Å². The third-order valence-electron chi connectivity index (χ3n) is 4.88. The molecule has 1 spiro atoms. The van der Waals surface area contributed by atoms with E-state index in [0.29, 0.717) is 37.6 Å². The van der Waals surface area contributed by atoms with E-state index < -0.39 is 15.8 Å². The van der Waals surface area contributed by atoms with Crippen LogP contribution in [-0.4, -0.2) is 44.8 Å². The Labute approximate surface area is 142 Å². The van der Waals surface area contributed by atoms with Crippen molar-refractivity contribution in [2.24, 2.45) is 0 Å². The molecule has 2 aromatic rings. The van der Waals surface area contributed by atoms with Crippen LogP contribution >= 0.6 is 0 Å². The Balaban J connectivity index is 1.61. The second-order valence-corrected chi connectivity index (χ2v) is 8.31. The Kier molecular flexibility index (Phi) is 4.08. The molecule has 2 fully saturated rings. The molecule has 0 aromatic heterocycles. The smallest absolute Gasteiger partial charge is 0.243 e. The maximum atomic E-state index is 13.0. The molecule has 0 N–H and O–H groups in total. The molecule has 0 unspecified atom stereocenters. The highest BCUT2D eigenvalue weighted by Gasteiger charge is 2.40. The van der Waals surface area contributed by atoms with E-state index in [1.54, 1.807) is 16.4 Å². The Morgan fingerprint density at radius 2 is 1.67 bits per heavy atom. The van der Waals surface area contributed by atoms with Gasteiger partial charge in [0.25, 0.3) is 0 Å². The lowest BCUT2D eigenvalue weighted by Crippen LogP contribution is -2.35. The van der Waals surface area contributed by atoms with Crippen molar-refractivity contribution in [3.8, 4) is 0 Å². The van der Waals surface area contributed by atoms with Gasteiger partial charge in [0.05, 0.1) is 18.1 Å². The SMILES string of the molecule is O=S(=O)(c1ccc2ccccc2c1)N1CCCC2(CC1)OCCO2. The van der Waals surface area contributed by atoms with Crippen molar-refractivity contribution in [3.05, 3.63) is 42.5 Å². The zero-order valence-electron chi connectivity index (χ0n) is 13.5. The fourth-order valence-electron chi connectivity index (χ4n) is 3.56. The standard InChI is InChI=1S/C18H21NO4S/c20-24(21,17-7-6-15-4-1-2-5-16(15)14-17)19-10-3-8-18(9-11-19)22-12-13-23-18/h1-2,4-7,14H,3,8-13H2. The number of ether oxygens (including phenoxy) is 2. The topological polar surface area (TPSA) is 55.8 Å². The number of hydrogen-bond acceptors (Lipinski definition) is 4. The molecule has 6 heteroatoms. The summed E-state index contributed by atoms with van der Waals surface area (Å²) in [4.78, 5) is 0.352. The van der Waals surface area contributed by atoms with E-state index >= 15 is 0 Å². The summed E-state index contributed by atoms with van der Waals surface area (Å²) in [6.45, 7) is 2.12. The van der Waals surface area contributed by atoms with Gasteiger partial charge in [-0.1, -0.05) is 30.3 Å². The van der Waals surface area contributed by atoms with Crippen molar-refractivity contribution in [2.75, 3.05) is 26.3 Å². The predicted molar refractivity (Wildman–Crippen MR) is 91.2 cm³/mol. The van der Waals surface area contributed by atoms with Crippen LogP contribution in [0.5, 0.6) is 0 Å². The van der Waals surface area contributed by atoms with Gasteiger partial charge in [-0.3, -0.25) is 0 Å². The molecule has 2 aromatic carbocycles. The van der Waals surface area contributed by atoms with Gasteiger partial charge in [-0.15, -0.1) is 0 Å². The summed E-state index contributed by atoms with van der Waals surface area (Å²) in [7, 11) is -3.50. The van der Waals surface area contributed by atoms with Crippen LogP contribution in [0.3, 0.4) is 0 Å². The van der Waals surface area contributed by atoms with Crippen molar-refractivity contribution in [3.63, 3.8) is 0 Å². The summed E-state index contributed by atoms with van der Waals surface area (Å²) >= 11 is 0. The van der Waals surface area contributed by atoms with Gasteiger partial charge in [-0.25, -0.2) is 8.42 Å². The van der Waals surface area contributed by atoms with Crippen LogP contribution < -0.4 is 0 Å². The van der Waals surface area contributed by atoms with Crippen molar-refractivity contribution in [1.82, 2.24) is 4.31 Å². The van der Waals surface area contributed by atoms with Crippen LogP contribution in [-0.2, 0) is 19.5 Å². The van der Waals surface area contributed by atoms with Crippen LogP contribution in [0.1, 0.15) is 19.3 Å². The van der Waals surface area contributed by atoms with Gasteiger partial charge < -0.3 is 9.47 Å². The summed E-state index contributed by atoms with van der Waals surface area (Å²) in [6, 6.07) is 13.1. The number of hydrogen-bond donors (Lipinski definition) is 0. The molecule has 2 aliphatic heterocycles. The zero-order chi connectivity index (χ0) is 16.6. The Morgan fingerprint density at radius 1 is 0.917 bits per heavy atom. The van der Waals surface area contributed by atoms with Gasteiger partial charge in [0, 0.05) is 25.9 Å². The number of sulfonamides is 1. The summed E-state index contributed by atoms with van der Waals surface area (Å²) in [5, 5.41) is 1.98. The molecule has 2 aliphatic rings. The number of rotatable bonds is 2. The minimum Gasteiger partial charge on any atom is -0.347 e. The highest BCUT2D eigenvalue weighted by atomic mass is 32.2. The molecule has 24 heavy (non-hydrogen) atoms. The maximum absolute atomic E-state index is 13.0. The van der Waals surface area contributed by atoms with Crippen LogP contribution in [0.4, 0.5) is 0 Å². The lowest BCUT2D eigenvalue weighted by Gasteiger charge is -2.25. The van der Waals surface area contributed by atoms with Gasteiger partial charge in [0.1, 0.15) is 0 Å². The number of nitrogens with zero attached hydrogens (tertiary/aromatic N) is 1. The fourth-order valence-corrected chi connectivity index (χ4v) is 5.07. The van der Waals surface area contributed by atoms with Gasteiger partial charge >= 0.3 is 0 Å². The first kappa shape index (κ1) is 16.0. The predicted octanol–water partition coefficient (Wildman–Crippen LogP) is 2.76. The normalized spacial score (nSPS) is 22.0. The Morgan fingerprint density at radius 3 is 2.46 bits per heavy atom. The summed E-state index contributed by atoms with van der Waals surface area (Å²) in [5.74, 6) is -0.576. The molecular weight excluding hydrogens is 326 g/mol. The molecule has 0 atom stereocenters. The van der Waals surface area contributed by atoms with Crippen molar-refractivity contribution in [1.29, 1.82) is 0 Å². The Bertz CT molecular complexity index is 843. The van der Waals surface area contributed by atoms with E-state index in [4.69, 9.17) is 9.47 Å². The average molecular weight is 347 g/mol. The maximum Gasteiger partial charge on any atom is 0.243 e. The molecule has 0 aliphatic carbocycles. The molecule has 5 nitrogen and oxygen atoms in total. The summed E-state index contributed by atoms with van der Waals surface area (Å²) in [5.41, 5.74) is 0. The van der Waals surface area contributed by atoms with E-state index in [1.165, 1.54) is 0 Å². The molecular formula is C18H21NO4S. The fraction of sp³-hybridized carbons (Fsp3) is 0.444. The van der Waals surface area contributed by atoms with Crippen molar-refractivity contribution in [2.45, 2.75) is 29.9 Å². The van der Waals surface area contributed by atoms with Crippen molar-refractivity contribution < 1.29 is 17.9 Å². The van der Waals surface area contributed by atoms with Gasteiger partial charge in [-0.2, -0.15) is 4.31 Å². The van der Waals surface area contributed by atoms with E-state index in [2.05, 4.69) is 0 Å².